The van der Waals surface area contributed by atoms with Gasteiger partial charge in [0, 0.05) is 21.6 Å². The number of hydrogen-bond acceptors (Lipinski definition) is 2. The number of halogens is 2. The molecule has 0 spiro atoms. The fourth-order valence-electron chi connectivity index (χ4n) is 1.80. The largest absolute Gasteiger partial charge is 0.457 e. The van der Waals surface area contributed by atoms with E-state index in [4.69, 9.17) is 16.3 Å². The van der Waals surface area contributed by atoms with Crippen molar-refractivity contribution in [1.29, 1.82) is 0 Å². The van der Waals surface area contributed by atoms with Gasteiger partial charge in [0.05, 0.1) is 0 Å². The van der Waals surface area contributed by atoms with Gasteiger partial charge in [0.25, 0.3) is 0 Å². The zero-order valence-corrected chi connectivity index (χ0v) is 13.7. The van der Waals surface area contributed by atoms with E-state index in [0.29, 0.717) is 5.02 Å². The molecule has 0 aromatic heterocycles. The van der Waals surface area contributed by atoms with E-state index < -0.39 is 0 Å². The summed E-state index contributed by atoms with van der Waals surface area (Å²) < 4.78 is 6.95. The molecule has 2 rings (SSSR count). The number of hydrogen-bond donors (Lipinski definition) is 1. The van der Waals surface area contributed by atoms with Crippen molar-refractivity contribution in [2.24, 2.45) is 0 Å². The van der Waals surface area contributed by atoms with E-state index in [1.165, 1.54) is 0 Å². The van der Waals surface area contributed by atoms with Crippen LogP contribution in [0.25, 0.3) is 0 Å². The van der Waals surface area contributed by atoms with E-state index >= 15 is 0 Å². The number of nitrogens with one attached hydrogen (secondary N) is 1. The Labute approximate surface area is 133 Å². The van der Waals surface area contributed by atoms with Crippen molar-refractivity contribution in [3.05, 3.63) is 57.5 Å². The van der Waals surface area contributed by atoms with Crippen LogP contribution in [0.5, 0.6) is 11.5 Å². The summed E-state index contributed by atoms with van der Waals surface area (Å²) in [5.41, 5.74) is 1.14. The van der Waals surface area contributed by atoms with Crippen molar-refractivity contribution in [1.82, 2.24) is 5.32 Å². The molecule has 0 saturated heterocycles. The third-order valence-corrected chi connectivity index (χ3v) is 3.56. The fourth-order valence-corrected chi connectivity index (χ4v) is 2.26. The molecule has 20 heavy (non-hydrogen) atoms. The summed E-state index contributed by atoms with van der Waals surface area (Å²) >= 11 is 9.36. The molecule has 0 radical (unpaired) electrons. The SMILES string of the molecule is CCCNCc1ccc(Br)cc1Oc1ccc(Cl)cc1. The summed E-state index contributed by atoms with van der Waals surface area (Å²) in [5, 5.41) is 4.09. The van der Waals surface area contributed by atoms with E-state index in [1.54, 1.807) is 0 Å². The molecule has 0 aliphatic rings. The molecule has 0 atom stereocenters. The van der Waals surface area contributed by atoms with Gasteiger partial charge in [-0.3, -0.25) is 0 Å². The van der Waals surface area contributed by atoms with E-state index in [0.717, 1.165) is 41.0 Å². The Morgan fingerprint density at radius 2 is 1.90 bits per heavy atom. The average Bonchev–Trinajstić information content (AvgIpc) is 2.44. The second kappa shape index (κ2) is 7.67. The Balaban J connectivity index is 2.15. The average molecular weight is 355 g/mol. The lowest BCUT2D eigenvalue weighted by Crippen LogP contribution is -2.14. The van der Waals surface area contributed by atoms with Crippen molar-refractivity contribution >= 4 is 27.5 Å². The molecule has 0 aliphatic carbocycles. The first kappa shape index (κ1) is 15.4. The summed E-state index contributed by atoms with van der Waals surface area (Å²) in [6.07, 6.45) is 1.11. The second-order valence-electron chi connectivity index (χ2n) is 4.48. The van der Waals surface area contributed by atoms with E-state index in [9.17, 15) is 0 Å². The first-order valence-electron chi connectivity index (χ1n) is 6.61. The van der Waals surface area contributed by atoms with Gasteiger partial charge >= 0.3 is 0 Å². The van der Waals surface area contributed by atoms with E-state index in [1.807, 2.05) is 36.4 Å². The highest BCUT2D eigenvalue weighted by molar-refractivity contribution is 9.10. The summed E-state index contributed by atoms with van der Waals surface area (Å²) in [6.45, 7) is 3.94. The van der Waals surface area contributed by atoms with Crippen LogP contribution in [0.1, 0.15) is 18.9 Å². The molecule has 2 aromatic carbocycles. The summed E-state index contributed by atoms with van der Waals surface area (Å²) in [4.78, 5) is 0. The maximum atomic E-state index is 5.95. The number of rotatable bonds is 6. The molecule has 0 amide bonds. The van der Waals surface area contributed by atoms with Gasteiger partial charge in [-0.05, 0) is 49.4 Å². The Hall–Kier alpha value is -1.03. The zero-order chi connectivity index (χ0) is 14.4. The molecular weight excluding hydrogens is 338 g/mol. The minimum Gasteiger partial charge on any atom is -0.457 e. The second-order valence-corrected chi connectivity index (χ2v) is 5.84. The first-order valence-corrected chi connectivity index (χ1v) is 7.78. The molecule has 0 unspecified atom stereocenters. The van der Waals surface area contributed by atoms with Crippen LogP contribution in [0.2, 0.25) is 5.02 Å². The van der Waals surface area contributed by atoms with Crippen LogP contribution in [0.15, 0.2) is 46.9 Å². The smallest absolute Gasteiger partial charge is 0.133 e. The van der Waals surface area contributed by atoms with Crippen LogP contribution in [0.4, 0.5) is 0 Å². The van der Waals surface area contributed by atoms with Gasteiger partial charge in [0.2, 0.25) is 0 Å². The van der Waals surface area contributed by atoms with Gasteiger partial charge in [0.15, 0.2) is 0 Å². The van der Waals surface area contributed by atoms with Gasteiger partial charge < -0.3 is 10.1 Å². The van der Waals surface area contributed by atoms with Crippen LogP contribution in [0.3, 0.4) is 0 Å². The topological polar surface area (TPSA) is 21.3 Å². The van der Waals surface area contributed by atoms with Crippen molar-refractivity contribution in [3.63, 3.8) is 0 Å². The lowest BCUT2D eigenvalue weighted by Gasteiger charge is -2.12. The minimum atomic E-state index is 0.705. The lowest BCUT2D eigenvalue weighted by atomic mass is 10.2. The Kier molecular flexibility index (Phi) is 5.89. The third kappa shape index (κ3) is 4.51. The quantitative estimate of drug-likeness (QED) is 0.702. The third-order valence-electron chi connectivity index (χ3n) is 2.81. The normalized spacial score (nSPS) is 10.6. The van der Waals surface area contributed by atoms with Crippen molar-refractivity contribution in [3.8, 4) is 11.5 Å². The van der Waals surface area contributed by atoms with Gasteiger partial charge in [-0.15, -0.1) is 0 Å². The molecule has 0 heterocycles. The number of ether oxygens (including phenoxy) is 1. The van der Waals surface area contributed by atoms with E-state index in [-0.39, 0.29) is 0 Å². The predicted octanol–water partition coefficient (Wildman–Crippen LogP) is 5.39. The maximum absolute atomic E-state index is 5.95. The Morgan fingerprint density at radius 1 is 1.15 bits per heavy atom. The summed E-state index contributed by atoms with van der Waals surface area (Å²) in [5.74, 6) is 1.63. The molecule has 2 aromatic rings. The highest BCUT2D eigenvalue weighted by Gasteiger charge is 2.06. The van der Waals surface area contributed by atoms with Crippen LogP contribution in [0, 0.1) is 0 Å². The molecule has 0 fully saturated rings. The summed E-state index contributed by atoms with van der Waals surface area (Å²) in [7, 11) is 0. The standard InChI is InChI=1S/C16H17BrClNO/c1-2-9-19-11-12-3-4-13(17)10-16(12)20-15-7-5-14(18)6-8-15/h3-8,10,19H,2,9,11H2,1H3. The molecule has 0 aliphatic heterocycles. The highest BCUT2D eigenvalue weighted by Crippen LogP contribution is 2.29. The van der Waals surface area contributed by atoms with Crippen LogP contribution in [-0.4, -0.2) is 6.54 Å². The molecule has 1 N–H and O–H groups in total. The summed E-state index contributed by atoms with van der Waals surface area (Å²) in [6, 6.07) is 13.5. The molecular formula is C16H17BrClNO. The van der Waals surface area contributed by atoms with Gasteiger partial charge in [-0.25, -0.2) is 0 Å². The molecule has 0 saturated carbocycles. The van der Waals surface area contributed by atoms with Crippen LogP contribution < -0.4 is 10.1 Å². The van der Waals surface area contributed by atoms with Crippen molar-refractivity contribution < 1.29 is 4.74 Å². The molecule has 4 heteroatoms. The molecule has 0 bridgehead atoms. The van der Waals surface area contributed by atoms with Crippen LogP contribution in [-0.2, 0) is 6.54 Å². The predicted molar refractivity (Wildman–Crippen MR) is 87.7 cm³/mol. The monoisotopic (exact) mass is 353 g/mol. The van der Waals surface area contributed by atoms with Crippen molar-refractivity contribution in [2.75, 3.05) is 6.54 Å². The van der Waals surface area contributed by atoms with Gasteiger partial charge in [0.1, 0.15) is 11.5 Å². The molecule has 2 nitrogen and oxygen atoms in total. The lowest BCUT2D eigenvalue weighted by molar-refractivity contribution is 0.472. The van der Waals surface area contributed by atoms with Crippen molar-refractivity contribution in [2.45, 2.75) is 19.9 Å². The maximum Gasteiger partial charge on any atom is 0.133 e. The zero-order valence-electron chi connectivity index (χ0n) is 11.3. The number of benzene rings is 2. The van der Waals surface area contributed by atoms with Gasteiger partial charge in [-0.2, -0.15) is 0 Å². The van der Waals surface area contributed by atoms with Gasteiger partial charge in [-0.1, -0.05) is 40.5 Å². The molecule has 106 valence electrons. The minimum absolute atomic E-state index is 0.705. The Morgan fingerprint density at radius 3 is 2.60 bits per heavy atom. The highest BCUT2D eigenvalue weighted by atomic mass is 79.9. The van der Waals surface area contributed by atoms with Crippen LogP contribution >= 0.6 is 27.5 Å². The Bertz CT molecular complexity index is 557. The van der Waals surface area contributed by atoms with E-state index in [2.05, 4.69) is 34.2 Å². The first-order chi connectivity index (χ1) is 9.69. The fraction of sp³-hybridized carbons (Fsp3) is 0.250.